The van der Waals surface area contributed by atoms with Gasteiger partial charge in [0.1, 0.15) is 18.5 Å². The predicted octanol–water partition coefficient (Wildman–Crippen LogP) is 3.85. The van der Waals surface area contributed by atoms with Crippen molar-refractivity contribution >= 4 is 5.91 Å². The van der Waals surface area contributed by atoms with Crippen molar-refractivity contribution in [3.63, 3.8) is 0 Å². The zero-order valence-electron chi connectivity index (χ0n) is 24.5. The van der Waals surface area contributed by atoms with Gasteiger partial charge in [-0.2, -0.15) is 13.2 Å². The summed E-state index contributed by atoms with van der Waals surface area (Å²) in [6, 6.07) is 0.0754. The van der Waals surface area contributed by atoms with E-state index < -0.39 is 47.9 Å². The second kappa shape index (κ2) is 11.1. The molecule has 5 aliphatic heterocycles. The fraction of sp³-hybridized carbons (Fsp3) is 0.967. The molecule has 2 N–H and O–H groups in total. The number of hydrogen-bond donors (Lipinski definition) is 2. The Bertz CT molecular complexity index is 1000. The molecule has 7 nitrogen and oxygen atoms in total. The summed E-state index contributed by atoms with van der Waals surface area (Å²) >= 11 is 0. The van der Waals surface area contributed by atoms with Gasteiger partial charge in [0, 0.05) is 37.1 Å². The first-order chi connectivity index (χ1) is 20.0. The molecule has 12 heteroatoms. The molecule has 238 valence electrons. The van der Waals surface area contributed by atoms with Gasteiger partial charge in [0.2, 0.25) is 5.91 Å². The van der Waals surface area contributed by atoms with Crippen LogP contribution in [0.25, 0.3) is 0 Å². The zero-order chi connectivity index (χ0) is 29.4. The SMILES string of the molecule is CN1CNNC1[C@H](F)C1(C2CCCC(N3CC4C(CC(CN5[C@@H]6CC[C@H]5CC(F)C6)CC4C(F)(F)F)C3=O)C2)COC1. The van der Waals surface area contributed by atoms with Crippen molar-refractivity contribution in [2.75, 3.05) is 40.0 Å². The van der Waals surface area contributed by atoms with E-state index in [1.165, 1.54) is 0 Å². The average molecular weight is 604 g/mol. The summed E-state index contributed by atoms with van der Waals surface area (Å²) in [5.41, 5.74) is 5.39. The second-order valence-electron chi connectivity index (χ2n) is 14.7. The molecule has 11 atom stereocenters. The maximum Gasteiger partial charge on any atom is 0.392 e. The number of nitrogens with zero attached hydrogens (tertiary/aromatic N) is 3. The molecule has 2 aliphatic carbocycles. The molecule has 0 radical (unpaired) electrons. The molecule has 5 saturated heterocycles. The molecule has 0 aromatic heterocycles. The van der Waals surface area contributed by atoms with Crippen molar-refractivity contribution in [3.05, 3.63) is 0 Å². The number of fused-ring (bicyclic) bond motifs is 3. The fourth-order valence-electron chi connectivity index (χ4n) is 10.2. The molecule has 5 heterocycles. The van der Waals surface area contributed by atoms with Crippen molar-refractivity contribution < 1.29 is 31.5 Å². The van der Waals surface area contributed by atoms with Crippen molar-refractivity contribution in [1.82, 2.24) is 25.6 Å². The minimum atomic E-state index is -4.36. The van der Waals surface area contributed by atoms with Crippen LogP contribution >= 0.6 is 0 Å². The van der Waals surface area contributed by atoms with Crippen LogP contribution < -0.4 is 10.9 Å². The fourth-order valence-corrected chi connectivity index (χ4v) is 10.2. The third-order valence-corrected chi connectivity index (χ3v) is 12.5. The summed E-state index contributed by atoms with van der Waals surface area (Å²) < 4.78 is 79.4. The summed E-state index contributed by atoms with van der Waals surface area (Å²) in [6.45, 7) is 1.88. The molecule has 0 aromatic carbocycles. The number of nitrogens with one attached hydrogen (secondary N) is 2. The maximum atomic E-state index is 16.1. The van der Waals surface area contributed by atoms with E-state index in [1.807, 2.05) is 11.9 Å². The van der Waals surface area contributed by atoms with Crippen molar-refractivity contribution in [1.29, 1.82) is 0 Å². The van der Waals surface area contributed by atoms with Crippen LogP contribution in [0.3, 0.4) is 0 Å². The van der Waals surface area contributed by atoms with E-state index >= 15 is 4.39 Å². The van der Waals surface area contributed by atoms with E-state index in [4.69, 9.17) is 4.74 Å². The van der Waals surface area contributed by atoms with Gasteiger partial charge in [0.15, 0.2) is 0 Å². The maximum absolute atomic E-state index is 16.1. The number of amides is 1. The van der Waals surface area contributed by atoms with E-state index in [0.717, 1.165) is 32.1 Å². The smallest absolute Gasteiger partial charge is 0.380 e. The summed E-state index contributed by atoms with van der Waals surface area (Å²) in [6.07, 6.45) is -0.473. The first kappa shape index (κ1) is 29.6. The first-order valence-electron chi connectivity index (χ1n) is 16.2. The highest BCUT2D eigenvalue weighted by Crippen LogP contribution is 2.54. The lowest BCUT2D eigenvalue weighted by Gasteiger charge is -2.53. The number of ether oxygens (including phenoxy) is 1. The molecule has 0 aromatic rings. The molecular weight excluding hydrogens is 557 g/mol. The number of likely N-dealkylation sites (tertiary alicyclic amines) is 1. The molecular formula is C30H46F5N5O2. The lowest BCUT2D eigenvalue weighted by molar-refractivity contribution is -0.206. The Morgan fingerprint density at radius 3 is 2.38 bits per heavy atom. The number of rotatable bonds is 6. The zero-order valence-corrected chi connectivity index (χ0v) is 24.5. The third-order valence-electron chi connectivity index (χ3n) is 12.5. The van der Waals surface area contributed by atoms with E-state index in [2.05, 4.69) is 15.8 Å². The molecule has 8 unspecified atom stereocenters. The standard InChI is InChI=1S/C30H46F5N5O2/c1-38-16-36-37-27(38)26(32)29(14-42-15-29)18-3-2-4-20(9-18)40-13-24-23(28(40)41)7-17(8-25(24)30(33,34)35)12-39-21-5-6-22(39)11-19(31)10-21/h17-27,36-37H,2-16H2,1H3/t17?,18?,19?,20?,21-,22+,23?,24?,25?,26-,27?/m0/s1. The lowest BCUT2D eigenvalue weighted by atomic mass is 9.63. The van der Waals surface area contributed by atoms with E-state index in [-0.39, 0.29) is 48.8 Å². The normalized spacial score (nSPS) is 45.2. The Balaban J connectivity index is 1.06. The monoisotopic (exact) mass is 603 g/mol. The van der Waals surface area contributed by atoms with E-state index in [0.29, 0.717) is 52.1 Å². The predicted molar refractivity (Wildman–Crippen MR) is 145 cm³/mol. The molecule has 2 saturated carbocycles. The van der Waals surface area contributed by atoms with Gasteiger partial charge < -0.3 is 9.64 Å². The number of alkyl halides is 5. The number of hydrogen-bond acceptors (Lipinski definition) is 6. The highest BCUT2D eigenvalue weighted by Gasteiger charge is 2.60. The Morgan fingerprint density at radius 2 is 1.76 bits per heavy atom. The van der Waals surface area contributed by atoms with Crippen LogP contribution in [0, 0.1) is 35.0 Å². The summed E-state index contributed by atoms with van der Waals surface area (Å²) in [7, 11) is 1.87. The van der Waals surface area contributed by atoms with Crippen LogP contribution in [0.1, 0.15) is 64.2 Å². The van der Waals surface area contributed by atoms with Gasteiger partial charge in [-0.15, -0.1) is 0 Å². The van der Waals surface area contributed by atoms with Crippen LogP contribution in [0.2, 0.25) is 0 Å². The highest BCUT2D eigenvalue weighted by atomic mass is 19.4. The number of piperidine rings is 1. The van der Waals surface area contributed by atoms with Crippen molar-refractivity contribution in [3.8, 4) is 0 Å². The van der Waals surface area contributed by atoms with Gasteiger partial charge in [-0.05, 0) is 82.6 Å². The number of carbonyl (C=O) groups is 1. The van der Waals surface area contributed by atoms with E-state index in [9.17, 15) is 22.4 Å². The van der Waals surface area contributed by atoms with Gasteiger partial charge in [0.25, 0.3) is 0 Å². The Labute approximate surface area is 245 Å². The molecule has 0 spiro atoms. The molecule has 7 aliphatic rings. The first-order valence-corrected chi connectivity index (χ1v) is 16.2. The largest absolute Gasteiger partial charge is 0.392 e. The second-order valence-corrected chi connectivity index (χ2v) is 14.7. The minimum Gasteiger partial charge on any atom is -0.380 e. The van der Waals surface area contributed by atoms with Crippen LogP contribution in [0.4, 0.5) is 22.0 Å². The van der Waals surface area contributed by atoms with Crippen LogP contribution in [0.15, 0.2) is 0 Å². The van der Waals surface area contributed by atoms with E-state index in [1.54, 1.807) is 4.90 Å². The molecule has 42 heavy (non-hydrogen) atoms. The summed E-state index contributed by atoms with van der Waals surface area (Å²) in [5, 5.41) is 0. The third kappa shape index (κ3) is 4.99. The van der Waals surface area contributed by atoms with Gasteiger partial charge in [0.05, 0.1) is 31.2 Å². The Hall–Kier alpha value is -1.08. The summed E-state index contributed by atoms with van der Waals surface area (Å²) in [5.74, 6) is -3.18. The van der Waals surface area contributed by atoms with Crippen LogP contribution in [-0.2, 0) is 9.53 Å². The highest BCUT2D eigenvalue weighted by molar-refractivity contribution is 5.82. The Morgan fingerprint density at radius 1 is 1.02 bits per heavy atom. The van der Waals surface area contributed by atoms with Gasteiger partial charge >= 0.3 is 6.18 Å². The quantitative estimate of drug-likeness (QED) is 0.450. The molecule has 7 fully saturated rings. The molecule has 1 amide bonds. The number of halogens is 5. The van der Waals surface area contributed by atoms with Crippen LogP contribution in [0.5, 0.6) is 0 Å². The number of hydrazine groups is 1. The summed E-state index contributed by atoms with van der Waals surface area (Å²) in [4.78, 5) is 19.9. The lowest BCUT2D eigenvalue weighted by Crippen LogP contribution is -2.63. The van der Waals surface area contributed by atoms with Crippen LogP contribution in [-0.4, -0.2) is 103 Å². The minimum absolute atomic E-state index is 0.00583. The average Bonchev–Trinajstić information content (AvgIpc) is 3.56. The molecule has 7 rings (SSSR count). The van der Waals surface area contributed by atoms with Gasteiger partial charge in [-0.1, -0.05) is 6.42 Å². The topological polar surface area (TPSA) is 60.1 Å². The van der Waals surface area contributed by atoms with Crippen molar-refractivity contribution in [2.24, 2.45) is 35.0 Å². The Kier molecular flexibility index (Phi) is 7.80. The molecule has 2 bridgehead atoms. The number of carbonyl (C=O) groups excluding carboxylic acids is 1. The van der Waals surface area contributed by atoms with Crippen molar-refractivity contribution in [2.45, 2.75) is 107 Å². The van der Waals surface area contributed by atoms with Gasteiger partial charge in [-0.25, -0.2) is 19.6 Å². The van der Waals surface area contributed by atoms with Gasteiger partial charge in [-0.3, -0.25) is 14.6 Å².